The average Bonchev–Trinajstić information content (AvgIpc) is 3.00. The number of hydrogen-bond acceptors (Lipinski definition) is 4. The molecule has 0 saturated heterocycles. The molecular weight excluding hydrogens is 268 g/mol. The molecular formula is C15H24N4O2. The zero-order valence-corrected chi connectivity index (χ0v) is 12.4. The van der Waals surface area contributed by atoms with Crippen molar-refractivity contribution in [3.63, 3.8) is 0 Å². The number of nitrogens with zero attached hydrogens (tertiary/aromatic N) is 1. The van der Waals surface area contributed by atoms with Crippen molar-refractivity contribution in [3.05, 3.63) is 17.7 Å². The van der Waals surface area contributed by atoms with E-state index in [4.69, 9.17) is 4.74 Å². The predicted molar refractivity (Wildman–Crippen MR) is 78.8 cm³/mol. The van der Waals surface area contributed by atoms with Crippen molar-refractivity contribution in [1.29, 1.82) is 0 Å². The van der Waals surface area contributed by atoms with Crippen LogP contribution in [0.5, 0.6) is 0 Å². The topological polar surface area (TPSA) is 79.0 Å². The molecule has 3 rings (SSSR count). The lowest BCUT2D eigenvalue weighted by Gasteiger charge is -2.24. The summed E-state index contributed by atoms with van der Waals surface area (Å²) in [4.78, 5) is 19.4. The van der Waals surface area contributed by atoms with E-state index in [-0.39, 0.29) is 11.9 Å². The maximum Gasteiger partial charge on any atom is 0.237 e. The van der Waals surface area contributed by atoms with Gasteiger partial charge in [0, 0.05) is 19.5 Å². The summed E-state index contributed by atoms with van der Waals surface area (Å²) in [6.07, 6.45) is 8.94. The summed E-state index contributed by atoms with van der Waals surface area (Å²) in [6.45, 7) is 1.86. The van der Waals surface area contributed by atoms with Crippen molar-refractivity contribution < 1.29 is 9.53 Å². The number of H-pyrrole nitrogens is 1. The Morgan fingerprint density at radius 1 is 1.38 bits per heavy atom. The van der Waals surface area contributed by atoms with Crippen molar-refractivity contribution >= 4 is 5.91 Å². The molecule has 1 fully saturated rings. The number of hydrogen-bond donors (Lipinski definition) is 3. The number of imidazole rings is 1. The summed E-state index contributed by atoms with van der Waals surface area (Å²) in [5.74, 6) is 0.0379. The van der Waals surface area contributed by atoms with Gasteiger partial charge in [-0.25, -0.2) is 4.98 Å². The van der Waals surface area contributed by atoms with Gasteiger partial charge in [0.1, 0.15) is 0 Å². The van der Waals surface area contributed by atoms with E-state index in [0.717, 1.165) is 11.4 Å². The fourth-order valence-corrected chi connectivity index (χ4v) is 3.11. The van der Waals surface area contributed by atoms with Gasteiger partial charge in [-0.15, -0.1) is 0 Å². The van der Waals surface area contributed by atoms with Crippen molar-refractivity contribution in [1.82, 2.24) is 20.6 Å². The van der Waals surface area contributed by atoms with Crippen molar-refractivity contribution in [2.75, 3.05) is 13.2 Å². The van der Waals surface area contributed by atoms with E-state index >= 15 is 0 Å². The van der Waals surface area contributed by atoms with Gasteiger partial charge in [0.2, 0.25) is 5.91 Å². The van der Waals surface area contributed by atoms with Gasteiger partial charge in [0.05, 0.1) is 36.5 Å². The van der Waals surface area contributed by atoms with Crippen molar-refractivity contribution in [2.24, 2.45) is 0 Å². The largest absolute Gasteiger partial charge is 0.376 e. The highest BCUT2D eigenvalue weighted by Gasteiger charge is 2.25. The first-order valence-electron chi connectivity index (χ1n) is 7.97. The molecule has 6 heteroatoms. The number of carbonyl (C=O) groups is 1. The highest BCUT2D eigenvalue weighted by molar-refractivity contribution is 5.82. The molecule has 2 heterocycles. The van der Waals surface area contributed by atoms with Crippen LogP contribution in [0.1, 0.15) is 43.5 Å². The molecule has 1 unspecified atom stereocenters. The van der Waals surface area contributed by atoms with Gasteiger partial charge in [-0.2, -0.15) is 0 Å². The number of ether oxygens (including phenoxy) is 1. The van der Waals surface area contributed by atoms with Crippen LogP contribution in [0.2, 0.25) is 0 Å². The third-order valence-electron chi connectivity index (χ3n) is 4.35. The lowest BCUT2D eigenvalue weighted by Crippen LogP contribution is -2.48. The maximum atomic E-state index is 12.1. The number of rotatable bonds is 5. The molecule has 1 amide bonds. The van der Waals surface area contributed by atoms with Crippen LogP contribution in [-0.4, -0.2) is 41.2 Å². The van der Waals surface area contributed by atoms with E-state index in [2.05, 4.69) is 20.6 Å². The molecule has 1 atom stereocenters. The summed E-state index contributed by atoms with van der Waals surface area (Å²) in [6, 6.07) is -0.185. The third-order valence-corrected chi connectivity index (χ3v) is 4.35. The normalized spacial score (nSPS) is 22.8. The summed E-state index contributed by atoms with van der Waals surface area (Å²) in [5.41, 5.74) is 2.08. The van der Waals surface area contributed by atoms with E-state index in [0.29, 0.717) is 32.2 Å². The monoisotopic (exact) mass is 292 g/mol. The van der Waals surface area contributed by atoms with Crippen LogP contribution < -0.4 is 10.6 Å². The number of fused-ring (bicyclic) bond motifs is 1. The molecule has 2 aliphatic rings. The second-order valence-electron chi connectivity index (χ2n) is 5.89. The lowest BCUT2D eigenvalue weighted by molar-refractivity contribution is -0.123. The molecule has 6 nitrogen and oxygen atoms in total. The Morgan fingerprint density at radius 2 is 2.24 bits per heavy atom. The second-order valence-corrected chi connectivity index (χ2v) is 5.89. The first-order chi connectivity index (χ1) is 10.3. The van der Waals surface area contributed by atoms with Gasteiger partial charge in [-0.05, 0) is 12.8 Å². The first-order valence-corrected chi connectivity index (χ1v) is 7.97. The average molecular weight is 292 g/mol. The van der Waals surface area contributed by atoms with Crippen LogP contribution in [-0.2, 0) is 22.5 Å². The van der Waals surface area contributed by atoms with Gasteiger partial charge in [0.25, 0.3) is 0 Å². The van der Waals surface area contributed by atoms with E-state index < -0.39 is 0 Å². The molecule has 1 aliphatic carbocycles. The summed E-state index contributed by atoms with van der Waals surface area (Å²) in [7, 11) is 0. The van der Waals surface area contributed by atoms with Crippen molar-refractivity contribution in [2.45, 2.75) is 57.2 Å². The van der Waals surface area contributed by atoms with E-state index in [1.54, 1.807) is 6.33 Å². The standard InChI is InChI=1S/C15H24N4O2/c20-15(13-8-12-14(9-17-13)19-10-18-12)16-6-7-21-11-4-2-1-3-5-11/h10-11,13,17H,1-9H2,(H,16,20)(H,18,19). The van der Waals surface area contributed by atoms with Gasteiger partial charge >= 0.3 is 0 Å². The van der Waals surface area contributed by atoms with Crippen LogP contribution >= 0.6 is 0 Å². The molecule has 116 valence electrons. The van der Waals surface area contributed by atoms with Gasteiger partial charge in [0.15, 0.2) is 0 Å². The third kappa shape index (κ3) is 3.83. The summed E-state index contributed by atoms with van der Waals surface area (Å²) in [5, 5.41) is 6.18. The quantitative estimate of drug-likeness (QED) is 0.704. The highest BCUT2D eigenvalue weighted by atomic mass is 16.5. The lowest BCUT2D eigenvalue weighted by atomic mass is 9.98. The van der Waals surface area contributed by atoms with Crippen LogP contribution in [0, 0.1) is 0 Å². The minimum Gasteiger partial charge on any atom is -0.376 e. The van der Waals surface area contributed by atoms with Gasteiger partial charge in [-0.3, -0.25) is 10.1 Å². The Balaban J connectivity index is 1.35. The molecule has 0 aromatic carbocycles. The molecule has 1 aromatic heterocycles. The van der Waals surface area contributed by atoms with Crippen LogP contribution in [0.4, 0.5) is 0 Å². The number of carbonyl (C=O) groups excluding carboxylic acids is 1. The fraction of sp³-hybridized carbons (Fsp3) is 0.733. The fourth-order valence-electron chi connectivity index (χ4n) is 3.11. The number of aromatic amines is 1. The molecule has 0 bridgehead atoms. The minimum atomic E-state index is -0.185. The maximum absolute atomic E-state index is 12.1. The van der Waals surface area contributed by atoms with Gasteiger partial charge in [-0.1, -0.05) is 19.3 Å². The number of amides is 1. The SMILES string of the molecule is O=C(NCCOC1CCCCC1)C1Cc2nc[nH]c2CN1. The Bertz CT molecular complexity index is 468. The molecule has 0 radical (unpaired) electrons. The number of nitrogens with one attached hydrogen (secondary N) is 3. The molecule has 0 spiro atoms. The van der Waals surface area contributed by atoms with E-state index in [1.165, 1.54) is 32.1 Å². The summed E-state index contributed by atoms with van der Waals surface area (Å²) >= 11 is 0. The van der Waals surface area contributed by atoms with Gasteiger partial charge < -0.3 is 15.0 Å². The zero-order chi connectivity index (χ0) is 14.5. The first kappa shape index (κ1) is 14.5. The Kier molecular flexibility index (Phi) is 4.87. The second kappa shape index (κ2) is 7.04. The Labute approximate surface area is 125 Å². The number of aromatic nitrogens is 2. The molecule has 1 saturated carbocycles. The van der Waals surface area contributed by atoms with E-state index in [1.807, 2.05) is 0 Å². The van der Waals surface area contributed by atoms with Crippen LogP contribution in [0.25, 0.3) is 0 Å². The Morgan fingerprint density at radius 3 is 3.10 bits per heavy atom. The van der Waals surface area contributed by atoms with E-state index in [9.17, 15) is 4.79 Å². The minimum absolute atomic E-state index is 0.0379. The van der Waals surface area contributed by atoms with Crippen LogP contribution in [0.15, 0.2) is 6.33 Å². The van der Waals surface area contributed by atoms with Crippen LogP contribution in [0.3, 0.4) is 0 Å². The molecule has 21 heavy (non-hydrogen) atoms. The molecule has 1 aromatic rings. The molecule has 3 N–H and O–H groups in total. The van der Waals surface area contributed by atoms with Crippen molar-refractivity contribution in [3.8, 4) is 0 Å². The Hall–Kier alpha value is -1.40. The predicted octanol–water partition coefficient (Wildman–Crippen LogP) is 0.889. The zero-order valence-electron chi connectivity index (χ0n) is 12.4. The molecule has 1 aliphatic heterocycles. The highest BCUT2D eigenvalue weighted by Crippen LogP contribution is 2.19. The summed E-state index contributed by atoms with van der Waals surface area (Å²) < 4.78 is 5.81. The smallest absolute Gasteiger partial charge is 0.237 e.